The predicted molar refractivity (Wildman–Crippen MR) is 93.0 cm³/mol. The summed E-state index contributed by atoms with van der Waals surface area (Å²) in [6.07, 6.45) is 2.93. The van der Waals surface area contributed by atoms with Gasteiger partial charge in [-0.05, 0) is 23.6 Å². The largest absolute Gasteiger partial charge is 0.500 e. The van der Waals surface area contributed by atoms with Gasteiger partial charge < -0.3 is 15.2 Å². The number of carbonyl (C=O) groups is 1. The van der Waals surface area contributed by atoms with Gasteiger partial charge in [0.05, 0.1) is 4.92 Å². The summed E-state index contributed by atoms with van der Waals surface area (Å²) in [5, 5.41) is 22.6. The molecule has 0 fully saturated rings. The molecule has 0 saturated heterocycles. The number of amides is 1. The van der Waals surface area contributed by atoms with Crippen LogP contribution in [-0.2, 0) is 11.3 Å². The zero-order valence-corrected chi connectivity index (χ0v) is 13.7. The first-order valence-electron chi connectivity index (χ1n) is 7.75. The van der Waals surface area contributed by atoms with Crippen molar-refractivity contribution < 1.29 is 24.0 Å². The quantitative estimate of drug-likeness (QED) is 0.445. The topological polar surface area (TPSA) is 102 Å². The highest BCUT2D eigenvalue weighted by Crippen LogP contribution is 2.30. The third-order valence-electron chi connectivity index (χ3n) is 3.37. The van der Waals surface area contributed by atoms with Gasteiger partial charge >= 0.3 is 11.8 Å². The number of halogens is 1. The lowest BCUT2D eigenvalue weighted by Gasteiger charge is -2.06. The standard InChI is InChI=1S/C18H17FN2O5/c19-15-10-14(11-16(17(15)22)21(24)25)8-4-5-9-20-18(23)26-12-13-6-2-1-3-7-13/h1-4,6-8,10-11,22H,5,9,12H2,(H,20,23). The number of nitro groups is 1. The molecule has 2 N–H and O–H groups in total. The van der Waals surface area contributed by atoms with E-state index in [4.69, 9.17) is 4.74 Å². The molecule has 8 heteroatoms. The van der Waals surface area contributed by atoms with Crippen LogP contribution >= 0.6 is 0 Å². The first-order valence-corrected chi connectivity index (χ1v) is 7.75. The van der Waals surface area contributed by atoms with Crippen molar-refractivity contribution in [3.8, 4) is 5.75 Å². The Balaban J connectivity index is 1.77. The summed E-state index contributed by atoms with van der Waals surface area (Å²) in [5.74, 6) is -2.06. The van der Waals surface area contributed by atoms with E-state index in [1.165, 1.54) is 6.08 Å². The average molecular weight is 360 g/mol. The number of phenols is 1. The van der Waals surface area contributed by atoms with Gasteiger partial charge in [0, 0.05) is 12.6 Å². The van der Waals surface area contributed by atoms with Crippen LogP contribution in [0.4, 0.5) is 14.9 Å². The van der Waals surface area contributed by atoms with E-state index >= 15 is 0 Å². The Bertz CT molecular complexity index is 809. The molecule has 0 bridgehead atoms. The lowest BCUT2D eigenvalue weighted by atomic mass is 10.1. The number of nitrogens with one attached hydrogen (secondary N) is 1. The van der Waals surface area contributed by atoms with Crippen molar-refractivity contribution in [3.05, 3.63) is 75.6 Å². The zero-order valence-electron chi connectivity index (χ0n) is 13.7. The van der Waals surface area contributed by atoms with Crippen LogP contribution in [0.2, 0.25) is 0 Å². The minimum absolute atomic E-state index is 0.166. The van der Waals surface area contributed by atoms with Crippen LogP contribution in [-0.4, -0.2) is 22.7 Å². The van der Waals surface area contributed by atoms with E-state index in [0.717, 1.165) is 17.7 Å². The van der Waals surface area contributed by atoms with Gasteiger partial charge in [0.1, 0.15) is 6.61 Å². The minimum atomic E-state index is -1.07. The zero-order chi connectivity index (χ0) is 18.9. The molecule has 136 valence electrons. The van der Waals surface area contributed by atoms with Crippen molar-refractivity contribution in [2.75, 3.05) is 6.54 Å². The second-order valence-corrected chi connectivity index (χ2v) is 5.31. The maximum Gasteiger partial charge on any atom is 0.407 e. The molecule has 0 saturated carbocycles. The summed E-state index contributed by atoms with van der Waals surface area (Å²) in [6, 6.07) is 11.3. The van der Waals surface area contributed by atoms with Crippen molar-refractivity contribution in [2.45, 2.75) is 13.0 Å². The molecule has 0 aromatic heterocycles. The van der Waals surface area contributed by atoms with Gasteiger partial charge in [-0.2, -0.15) is 0 Å². The Morgan fingerprint density at radius 3 is 2.73 bits per heavy atom. The molecular formula is C18H17FN2O5. The first kappa shape index (κ1) is 18.9. The molecule has 0 atom stereocenters. The fraction of sp³-hybridized carbons (Fsp3) is 0.167. The van der Waals surface area contributed by atoms with Gasteiger partial charge in [-0.25, -0.2) is 9.18 Å². The predicted octanol–water partition coefficient (Wildman–Crippen LogP) is 3.77. The number of hydrogen-bond donors (Lipinski definition) is 2. The highest BCUT2D eigenvalue weighted by atomic mass is 19.1. The molecule has 0 spiro atoms. The summed E-state index contributed by atoms with van der Waals surface area (Å²) in [4.78, 5) is 21.4. The number of nitrogens with zero attached hydrogens (tertiary/aromatic N) is 1. The molecule has 0 unspecified atom stereocenters. The van der Waals surface area contributed by atoms with Crippen molar-refractivity contribution in [1.29, 1.82) is 0 Å². The fourth-order valence-electron chi connectivity index (χ4n) is 2.09. The van der Waals surface area contributed by atoms with Gasteiger partial charge in [-0.15, -0.1) is 0 Å². The fourth-order valence-corrected chi connectivity index (χ4v) is 2.09. The molecule has 0 aliphatic heterocycles. The van der Waals surface area contributed by atoms with Crippen LogP contribution in [0.25, 0.3) is 6.08 Å². The highest BCUT2D eigenvalue weighted by Gasteiger charge is 2.18. The van der Waals surface area contributed by atoms with E-state index < -0.39 is 28.3 Å². The second-order valence-electron chi connectivity index (χ2n) is 5.31. The van der Waals surface area contributed by atoms with Crippen molar-refractivity contribution in [2.24, 2.45) is 0 Å². The number of benzene rings is 2. The summed E-state index contributed by atoms with van der Waals surface area (Å²) in [7, 11) is 0. The van der Waals surface area contributed by atoms with E-state index in [0.29, 0.717) is 6.42 Å². The molecule has 0 aliphatic rings. The van der Waals surface area contributed by atoms with E-state index in [9.17, 15) is 24.4 Å². The molecule has 2 rings (SSSR count). The number of rotatable bonds is 7. The van der Waals surface area contributed by atoms with Gasteiger partial charge in [-0.3, -0.25) is 10.1 Å². The van der Waals surface area contributed by atoms with E-state index in [1.54, 1.807) is 6.08 Å². The number of alkyl carbamates (subject to hydrolysis) is 1. The normalized spacial score (nSPS) is 10.7. The smallest absolute Gasteiger partial charge is 0.407 e. The van der Waals surface area contributed by atoms with Crippen molar-refractivity contribution in [3.63, 3.8) is 0 Å². The van der Waals surface area contributed by atoms with Crippen molar-refractivity contribution in [1.82, 2.24) is 5.32 Å². The van der Waals surface area contributed by atoms with Crippen molar-refractivity contribution >= 4 is 17.9 Å². The summed E-state index contributed by atoms with van der Waals surface area (Å²) in [5.41, 5.74) is 0.407. The summed E-state index contributed by atoms with van der Waals surface area (Å²) < 4.78 is 18.5. The van der Waals surface area contributed by atoms with Gasteiger partial charge in [0.25, 0.3) is 0 Å². The third kappa shape index (κ3) is 5.59. The van der Waals surface area contributed by atoms with Crippen LogP contribution in [0.1, 0.15) is 17.5 Å². The van der Waals surface area contributed by atoms with E-state index in [-0.39, 0.29) is 18.7 Å². The monoisotopic (exact) mass is 360 g/mol. The SMILES string of the molecule is O=C(NCCC=Cc1cc(F)c(O)c([N+](=O)[O-])c1)OCc1ccccc1. The third-order valence-corrected chi connectivity index (χ3v) is 3.37. The molecule has 0 radical (unpaired) electrons. The molecule has 2 aromatic rings. The maximum atomic E-state index is 13.4. The Morgan fingerprint density at radius 2 is 2.04 bits per heavy atom. The minimum Gasteiger partial charge on any atom is -0.500 e. The molecule has 0 heterocycles. The van der Waals surface area contributed by atoms with Crippen LogP contribution in [0.5, 0.6) is 5.75 Å². The summed E-state index contributed by atoms with van der Waals surface area (Å²) >= 11 is 0. The van der Waals surface area contributed by atoms with Crippen LogP contribution in [0, 0.1) is 15.9 Å². The molecule has 0 aliphatic carbocycles. The average Bonchev–Trinajstić information content (AvgIpc) is 2.63. The summed E-state index contributed by atoms with van der Waals surface area (Å²) in [6.45, 7) is 0.450. The van der Waals surface area contributed by atoms with Gasteiger partial charge in [0.15, 0.2) is 5.82 Å². The molecular weight excluding hydrogens is 343 g/mol. The maximum absolute atomic E-state index is 13.4. The number of carbonyl (C=O) groups excluding carboxylic acids is 1. The highest BCUT2D eigenvalue weighted by molar-refractivity contribution is 5.67. The number of aromatic hydroxyl groups is 1. The van der Waals surface area contributed by atoms with Crippen LogP contribution in [0.3, 0.4) is 0 Å². The number of phenolic OH excluding ortho intramolecular Hbond substituents is 1. The second kappa shape index (κ2) is 9.16. The lowest BCUT2D eigenvalue weighted by molar-refractivity contribution is -0.386. The Hall–Kier alpha value is -3.42. The van der Waals surface area contributed by atoms with Crippen LogP contribution < -0.4 is 5.32 Å². The molecule has 2 aromatic carbocycles. The Labute approximate surface area is 148 Å². The number of nitro benzene ring substituents is 1. The van der Waals surface area contributed by atoms with Gasteiger partial charge in [-0.1, -0.05) is 42.5 Å². The number of ether oxygens (including phenoxy) is 1. The molecule has 26 heavy (non-hydrogen) atoms. The first-order chi connectivity index (χ1) is 12.5. The van der Waals surface area contributed by atoms with E-state index in [2.05, 4.69) is 5.32 Å². The van der Waals surface area contributed by atoms with Crippen LogP contribution in [0.15, 0.2) is 48.5 Å². The lowest BCUT2D eigenvalue weighted by Crippen LogP contribution is -2.24. The number of hydrogen-bond acceptors (Lipinski definition) is 5. The Morgan fingerprint density at radius 1 is 1.31 bits per heavy atom. The Kier molecular flexibility index (Phi) is 6.67. The molecule has 7 nitrogen and oxygen atoms in total. The molecule has 1 amide bonds. The van der Waals surface area contributed by atoms with Gasteiger partial charge in [0.2, 0.25) is 5.75 Å². The van der Waals surface area contributed by atoms with E-state index in [1.807, 2.05) is 30.3 Å².